The van der Waals surface area contributed by atoms with Gasteiger partial charge in [0.2, 0.25) is 0 Å². The van der Waals surface area contributed by atoms with Crippen molar-refractivity contribution in [1.82, 2.24) is 10.6 Å². The van der Waals surface area contributed by atoms with Crippen LogP contribution in [0.3, 0.4) is 0 Å². The fourth-order valence-electron chi connectivity index (χ4n) is 0.794. The highest BCUT2D eigenvalue weighted by molar-refractivity contribution is 4.94. The molecule has 1 aliphatic heterocycles. The van der Waals surface area contributed by atoms with Gasteiger partial charge >= 0.3 is 0 Å². The van der Waals surface area contributed by atoms with Crippen LogP contribution >= 0.6 is 0 Å². The van der Waals surface area contributed by atoms with Crippen LogP contribution in [-0.2, 0) is 0 Å². The standard InChI is InChI=1S/C5H9N3O2/c9-8(10)4-5-6-2-1-3-7-5/h4,6-7H,1-3H2. The van der Waals surface area contributed by atoms with Crippen molar-refractivity contribution in [3.8, 4) is 0 Å². The van der Waals surface area contributed by atoms with Crippen molar-refractivity contribution in [2.24, 2.45) is 0 Å². The zero-order chi connectivity index (χ0) is 7.40. The molecule has 0 spiro atoms. The van der Waals surface area contributed by atoms with Crippen molar-refractivity contribution < 1.29 is 4.92 Å². The van der Waals surface area contributed by atoms with Crippen LogP contribution in [0, 0.1) is 10.1 Å². The molecule has 2 N–H and O–H groups in total. The van der Waals surface area contributed by atoms with E-state index in [2.05, 4.69) is 10.6 Å². The van der Waals surface area contributed by atoms with Gasteiger partial charge in [-0.05, 0) is 6.42 Å². The van der Waals surface area contributed by atoms with Crippen LogP contribution in [0.4, 0.5) is 0 Å². The molecule has 0 aromatic heterocycles. The van der Waals surface area contributed by atoms with Crippen LogP contribution in [0.25, 0.3) is 0 Å². The van der Waals surface area contributed by atoms with Gasteiger partial charge in [0.05, 0.1) is 4.92 Å². The smallest absolute Gasteiger partial charge is 0.274 e. The molecule has 0 amide bonds. The van der Waals surface area contributed by atoms with E-state index in [4.69, 9.17) is 0 Å². The first-order chi connectivity index (χ1) is 4.79. The van der Waals surface area contributed by atoms with Crippen molar-refractivity contribution in [3.63, 3.8) is 0 Å². The zero-order valence-corrected chi connectivity index (χ0v) is 5.46. The molecule has 5 nitrogen and oxygen atoms in total. The number of nitrogens with zero attached hydrogens (tertiary/aromatic N) is 1. The lowest BCUT2D eigenvalue weighted by Gasteiger charge is -2.15. The molecule has 1 rings (SSSR count). The largest absolute Gasteiger partial charge is 0.367 e. The summed E-state index contributed by atoms with van der Waals surface area (Å²) in [7, 11) is 0. The summed E-state index contributed by atoms with van der Waals surface area (Å²) < 4.78 is 0. The molecule has 0 atom stereocenters. The highest BCUT2D eigenvalue weighted by atomic mass is 16.6. The third-order valence-electron chi connectivity index (χ3n) is 1.22. The molecule has 0 saturated carbocycles. The summed E-state index contributed by atoms with van der Waals surface area (Å²) in [6, 6.07) is 0. The first-order valence-corrected chi connectivity index (χ1v) is 3.12. The molecule has 0 aliphatic carbocycles. The molecule has 0 aromatic carbocycles. The monoisotopic (exact) mass is 143 g/mol. The average molecular weight is 143 g/mol. The van der Waals surface area contributed by atoms with E-state index in [1.807, 2.05) is 0 Å². The Kier molecular flexibility index (Phi) is 2.09. The van der Waals surface area contributed by atoms with Crippen LogP contribution < -0.4 is 10.6 Å². The second-order valence-electron chi connectivity index (χ2n) is 2.04. The summed E-state index contributed by atoms with van der Waals surface area (Å²) in [6.45, 7) is 1.62. The number of rotatable bonds is 1. The minimum absolute atomic E-state index is 0.472. The molecule has 56 valence electrons. The van der Waals surface area contributed by atoms with Gasteiger partial charge in [0, 0.05) is 13.1 Å². The van der Waals surface area contributed by atoms with Crippen molar-refractivity contribution in [1.29, 1.82) is 0 Å². The van der Waals surface area contributed by atoms with Gasteiger partial charge in [0.25, 0.3) is 6.20 Å². The maximum Gasteiger partial charge on any atom is 0.274 e. The van der Waals surface area contributed by atoms with E-state index in [1.165, 1.54) is 0 Å². The SMILES string of the molecule is O=[N+]([O-])C=C1NCCCN1. The van der Waals surface area contributed by atoms with Gasteiger partial charge < -0.3 is 10.6 Å². The predicted molar refractivity (Wildman–Crippen MR) is 35.7 cm³/mol. The maximum atomic E-state index is 9.92. The summed E-state index contributed by atoms with van der Waals surface area (Å²) in [4.78, 5) is 9.45. The Labute approximate surface area is 58.3 Å². The second kappa shape index (κ2) is 3.05. The summed E-state index contributed by atoms with van der Waals surface area (Å²) >= 11 is 0. The van der Waals surface area contributed by atoms with E-state index < -0.39 is 4.92 Å². The van der Waals surface area contributed by atoms with E-state index in [0.717, 1.165) is 25.7 Å². The number of hydrogen-bond acceptors (Lipinski definition) is 4. The molecule has 1 heterocycles. The van der Waals surface area contributed by atoms with Crippen LogP contribution in [-0.4, -0.2) is 18.0 Å². The molecule has 1 aliphatic rings. The summed E-state index contributed by atoms with van der Waals surface area (Å²) in [5.41, 5.74) is 0. The van der Waals surface area contributed by atoms with E-state index in [0.29, 0.717) is 5.82 Å². The second-order valence-corrected chi connectivity index (χ2v) is 2.04. The van der Waals surface area contributed by atoms with Gasteiger partial charge in [-0.3, -0.25) is 10.1 Å². The fraction of sp³-hybridized carbons (Fsp3) is 0.600. The van der Waals surface area contributed by atoms with Gasteiger partial charge in [-0.25, -0.2) is 0 Å². The van der Waals surface area contributed by atoms with Crippen LogP contribution in [0.5, 0.6) is 0 Å². The molecule has 1 saturated heterocycles. The molecule has 10 heavy (non-hydrogen) atoms. The van der Waals surface area contributed by atoms with Gasteiger partial charge in [0.15, 0.2) is 5.82 Å². The number of nitro groups is 1. The third-order valence-corrected chi connectivity index (χ3v) is 1.22. The topological polar surface area (TPSA) is 67.2 Å². The average Bonchev–Trinajstić information content (AvgIpc) is 1.88. The fourth-order valence-corrected chi connectivity index (χ4v) is 0.794. The van der Waals surface area contributed by atoms with E-state index in [1.54, 1.807) is 0 Å². The Morgan fingerprint density at radius 1 is 1.50 bits per heavy atom. The summed E-state index contributed by atoms with van der Waals surface area (Å²) in [5.74, 6) is 0.510. The maximum absolute atomic E-state index is 9.92. The lowest BCUT2D eigenvalue weighted by atomic mass is 10.3. The zero-order valence-electron chi connectivity index (χ0n) is 5.46. The van der Waals surface area contributed by atoms with Crippen molar-refractivity contribution in [2.45, 2.75) is 6.42 Å². The highest BCUT2D eigenvalue weighted by Crippen LogP contribution is 1.91. The number of hydrogen-bond donors (Lipinski definition) is 2. The van der Waals surface area contributed by atoms with Gasteiger partial charge in [-0.15, -0.1) is 0 Å². The Morgan fingerprint density at radius 3 is 2.60 bits per heavy atom. The van der Waals surface area contributed by atoms with Gasteiger partial charge in [-0.1, -0.05) is 0 Å². The molecule has 0 bridgehead atoms. The summed E-state index contributed by atoms with van der Waals surface area (Å²) in [5, 5.41) is 15.6. The first-order valence-electron chi connectivity index (χ1n) is 3.12. The van der Waals surface area contributed by atoms with E-state index >= 15 is 0 Å². The van der Waals surface area contributed by atoms with Crippen molar-refractivity contribution in [2.75, 3.05) is 13.1 Å². The van der Waals surface area contributed by atoms with Crippen LogP contribution in [0.2, 0.25) is 0 Å². The highest BCUT2D eigenvalue weighted by Gasteiger charge is 2.05. The number of nitrogens with one attached hydrogen (secondary N) is 2. The van der Waals surface area contributed by atoms with Crippen LogP contribution in [0.1, 0.15) is 6.42 Å². The van der Waals surface area contributed by atoms with Gasteiger partial charge in [0.1, 0.15) is 0 Å². The Hall–Kier alpha value is -1.26. The summed E-state index contributed by atoms with van der Waals surface area (Å²) in [6.07, 6.45) is 1.95. The normalized spacial score (nSPS) is 17.0. The lowest BCUT2D eigenvalue weighted by Crippen LogP contribution is -2.35. The van der Waals surface area contributed by atoms with Crippen LogP contribution in [0.15, 0.2) is 12.0 Å². The molecular formula is C5H9N3O2. The Morgan fingerprint density at radius 2 is 2.10 bits per heavy atom. The quantitative estimate of drug-likeness (QED) is 0.388. The van der Waals surface area contributed by atoms with E-state index in [9.17, 15) is 10.1 Å². The van der Waals surface area contributed by atoms with Crippen molar-refractivity contribution in [3.05, 3.63) is 22.1 Å². The van der Waals surface area contributed by atoms with Crippen molar-refractivity contribution >= 4 is 0 Å². The first kappa shape index (κ1) is 6.85. The molecule has 0 aromatic rings. The minimum Gasteiger partial charge on any atom is -0.367 e. The lowest BCUT2D eigenvalue weighted by molar-refractivity contribution is -0.404. The molecule has 0 unspecified atom stereocenters. The molecular weight excluding hydrogens is 134 g/mol. The Bertz CT molecular complexity index is 158. The predicted octanol–water partition coefficient (Wildman–Crippen LogP) is -0.355. The molecule has 1 fully saturated rings. The Balaban J connectivity index is 2.45. The molecule has 5 heteroatoms. The molecule has 0 radical (unpaired) electrons. The van der Waals surface area contributed by atoms with E-state index in [-0.39, 0.29) is 0 Å². The van der Waals surface area contributed by atoms with Gasteiger partial charge in [-0.2, -0.15) is 0 Å². The minimum atomic E-state index is -0.472. The third kappa shape index (κ3) is 1.93.